The molecule has 0 atom stereocenters. The van der Waals surface area contributed by atoms with Gasteiger partial charge in [0.15, 0.2) is 5.89 Å². The molecule has 6 heteroatoms. The predicted molar refractivity (Wildman–Crippen MR) is 78.5 cm³/mol. The fraction of sp³-hybridized carbons (Fsp3) is 0.286. The van der Waals surface area contributed by atoms with Gasteiger partial charge in [-0.3, -0.25) is 4.79 Å². The molecule has 0 bridgehead atoms. The third-order valence-corrected chi connectivity index (χ3v) is 3.39. The molecule has 0 spiro atoms. The van der Waals surface area contributed by atoms with E-state index >= 15 is 0 Å². The molecular weight excluding hydrogens is 299 g/mol. The van der Waals surface area contributed by atoms with Crippen molar-refractivity contribution in [1.29, 1.82) is 0 Å². The smallest absolute Gasteiger partial charge is 0.289 e. The Morgan fingerprint density at radius 2 is 2.10 bits per heavy atom. The summed E-state index contributed by atoms with van der Waals surface area (Å²) < 4.78 is 5.25. The van der Waals surface area contributed by atoms with E-state index in [2.05, 4.69) is 10.3 Å². The van der Waals surface area contributed by atoms with Crippen LogP contribution in [0.15, 0.2) is 22.6 Å². The molecule has 1 heterocycles. The van der Waals surface area contributed by atoms with Gasteiger partial charge in [-0.05, 0) is 31.0 Å². The Morgan fingerprint density at radius 3 is 2.70 bits per heavy atom. The van der Waals surface area contributed by atoms with Gasteiger partial charge in [-0.25, -0.2) is 4.98 Å². The first-order valence-corrected chi connectivity index (χ1v) is 6.89. The number of aromatic nitrogens is 1. The minimum absolute atomic E-state index is 0.254. The highest BCUT2D eigenvalue weighted by Crippen LogP contribution is 2.21. The van der Waals surface area contributed by atoms with E-state index in [1.54, 1.807) is 26.0 Å². The zero-order valence-corrected chi connectivity index (χ0v) is 12.7. The van der Waals surface area contributed by atoms with Gasteiger partial charge in [0.2, 0.25) is 5.76 Å². The van der Waals surface area contributed by atoms with Crippen molar-refractivity contribution in [2.24, 2.45) is 0 Å². The number of hydrogen-bond acceptors (Lipinski definition) is 3. The summed E-state index contributed by atoms with van der Waals surface area (Å²) in [6, 6.07) is 5.30. The summed E-state index contributed by atoms with van der Waals surface area (Å²) in [5, 5.41) is 3.97. The largest absolute Gasteiger partial charge is 0.436 e. The minimum atomic E-state index is -0.270. The van der Waals surface area contributed by atoms with Gasteiger partial charge in [0.05, 0.1) is 5.69 Å². The van der Waals surface area contributed by atoms with Crippen molar-refractivity contribution >= 4 is 29.1 Å². The van der Waals surface area contributed by atoms with Crippen LogP contribution in [0.3, 0.4) is 0 Å². The third-order valence-electron chi connectivity index (χ3n) is 2.80. The highest BCUT2D eigenvalue weighted by atomic mass is 35.5. The van der Waals surface area contributed by atoms with Crippen LogP contribution in [0.25, 0.3) is 0 Å². The average molecular weight is 313 g/mol. The maximum absolute atomic E-state index is 11.9. The molecular formula is C14H14Cl2N2O2. The summed E-state index contributed by atoms with van der Waals surface area (Å²) in [4.78, 5) is 16.0. The number of carbonyl (C=O) groups is 1. The number of rotatable bonds is 4. The lowest BCUT2D eigenvalue weighted by molar-refractivity contribution is 0.0924. The summed E-state index contributed by atoms with van der Waals surface area (Å²) in [7, 11) is 0. The van der Waals surface area contributed by atoms with E-state index in [1.165, 1.54) is 0 Å². The van der Waals surface area contributed by atoms with Crippen molar-refractivity contribution in [2.75, 3.05) is 6.54 Å². The van der Waals surface area contributed by atoms with Crippen molar-refractivity contribution in [3.05, 3.63) is 51.2 Å². The van der Waals surface area contributed by atoms with Crippen LogP contribution < -0.4 is 5.32 Å². The average Bonchev–Trinajstić information content (AvgIpc) is 2.71. The molecule has 0 radical (unpaired) electrons. The van der Waals surface area contributed by atoms with Gasteiger partial charge < -0.3 is 9.73 Å². The Morgan fingerprint density at radius 1 is 1.35 bits per heavy atom. The van der Waals surface area contributed by atoms with Gasteiger partial charge in [0, 0.05) is 23.5 Å². The van der Waals surface area contributed by atoms with Crippen LogP contribution in [0, 0.1) is 13.8 Å². The van der Waals surface area contributed by atoms with Crippen LogP contribution in [0.1, 0.15) is 27.7 Å². The van der Waals surface area contributed by atoms with Gasteiger partial charge in [-0.2, -0.15) is 0 Å². The van der Waals surface area contributed by atoms with E-state index in [0.29, 0.717) is 34.6 Å². The highest BCUT2D eigenvalue weighted by Gasteiger charge is 2.15. The van der Waals surface area contributed by atoms with Crippen LogP contribution >= 0.6 is 23.2 Å². The Labute approximate surface area is 127 Å². The number of hydrogen-bond donors (Lipinski definition) is 1. The highest BCUT2D eigenvalue weighted by molar-refractivity contribution is 6.35. The van der Waals surface area contributed by atoms with Gasteiger partial charge in [-0.1, -0.05) is 29.3 Å². The molecule has 106 valence electrons. The molecule has 0 aliphatic heterocycles. The van der Waals surface area contributed by atoms with E-state index in [0.717, 1.165) is 5.56 Å². The number of oxazole rings is 1. The first kappa shape index (κ1) is 14.9. The maximum Gasteiger partial charge on any atom is 0.289 e. The molecule has 0 aliphatic carbocycles. The van der Waals surface area contributed by atoms with E-state index in [1.807, 2.05) is 6.07 Å². The molecule has 2 rings (SSSR count). The number of amides is 1. The summed E-state index contributed by atoms with van der Waals surface area (Å²) in [5.74, 6) is 0.464. The summed E-state index contributed by atoms with van der Waals surface area (Å²) >= 11 is 11.9. The fourth-order valence-corrected chi connectivity index (χ4v) is 2.36. The predicted octanol–water partition coefficient (Wildman–Crippen LogP) is 3.57. The van der Waals surface area contributed by atoms with Crippen molar-refractivity contribution in [1.82, 2.24) is 10.3 Å². The number of carbonyl (C=O) groups excluding carboxylic acids is 1. The molecule has 1 amide bonds. The second-order valence-corrected chi connectivity index (χ2v) is 5.23. The van der Waals surface area contributed by atoms with E-state index in [-0.39, 0.29) is 11.7 Å². The van der Waals surface area contributed by atoms with Crippen LogP contribution in [0.2, 0.25) is 10.0 Å². The quantitative estimate of drug-likeness (QED) is 0.939. The van der Waals surface area contributed by atoms with E-state index in [9.17, 15) is 4.79 Å². The molecule has 1 aromatic carbocycles. The monoisotopic (exact) mass is 312 g/mol. The molecule has 0 fully saturated rings. The second kappa shape index (κ2) is 6.29. The number of nitrogens with zero attached hydrogens (tertiary/aromatic N) is 1. The molecule has 20 heavy (non-hydrogen) atoms. The normalized spacial score (nSPS) is 10.6. The van der Waals surface area contributed by atoms with E-state index < -0.39 is 0 Å². The standard InChI is InChI=1S/C14H14Cl2N2O2/c1-8-13(20-9(2)18-8)14(19)17-6-5-10-3-4-11(15)7-12(10)16/h3-4,7H,5-6H2,1-2H3,(H,17,19). The topological polar surface area (TPSA) is 55.1 Å². The molecule has 1 N–H and O–H groups in total. The van der Waals surface area contributed by atoms with Crippen LogP contribution in [-0.2, 0) is 6.42 Å². The third kappa shape index (κ3) is 3.52. The van der Waals surface area contributed by atoms with Crippen LogP contribution in [-0.4, -0.2) is 17.4 Å². The van der Waals surface area contributed by atoms with Crippen molar-refractivity contribution < 1.29 is 9.21 Å². The number of nitrogens with one attached hydrogen (secondary N) is 1. The van der Waals surface area contributed by atoms with Crippen molar-refractivity contribution in [3.63, 3.8) is 0 Å². The van der Waals surface area contributed by atoms with Gasteiger partial charge in [0.25, 0.3) is 5.91 Å². The molecule has 0 saturated carbocycles. The SMILES string of the molecule is Cc1nc(C)c(C(=O)NCCc2ccc(Cl)cc2Cl)o1. The first-order chi connectivity index (χ1) is 9.47. The Bertz CT molecular complexity index is 638. The minimum Gasteiger partial charge on any atom is -0.436 e. The molecule has 0 aliphatic rings. The van der Waals surface area contributed by atoms with Gasteiger partial charge >= 0.3 is 0 Å². The van der Waals surface area contributed by atoms with E-state index in [4.69, 9.17) is 27.6 Å². The molecule has 4 nitrogen and oxygen atoms in total. The second-order valence-electron chi connectivity index (χ2n) is 4.39. The zero-order valence-electron chi connectivity index (χ0n) is 11.2. The lowest BCUT2D eigenvalue weighted by atomic mass is 10.1. The number of halogens is 2. The Hall–Kier alpha value is -1.52. The van der Waals surface area contributed by atoms with Gasteiger partial charge in [-0.15, -0.1) is 0 Å². The van der Waals surface area contributed by atoms with Crippen LogP contribution in [0.4, 0.5) is 0 Å². The van der Waals surface area contributed by atoms with Crippen molar-refractivity contribution in [2.45, 2.75) is 20.3 Å². The molecule has 2 aromatic rings. The number of aryl methyl sites for hydroxylation is 2. The summed E-state index contributed by atoms with van der Waals surface area (Å²) in [6.07, 6.45) is 0.619. The Kier molecular flexibility index (Phi) is 4.68. The molecule has 0 unspecified atom stereocenters. The first-order valence-electron chi connectivity index (χ1n) is 6.13. The summed E-state index contributed by atoms with van der Waals surface area (Å²) in [5.41, 5.74) is 1.52. The summed E-state index contributed by atoms with van der Waals surface area (Å²) in [6.45, 7) is 3.90. The maximum atomic E-state index is 11.9. The zero-order chi connectivity index (χ0) is 14.7. The molecule has 1 aromatic heterocycles. The van der Waals surface area contributed by atoms with Crippen molar-refractivity contribution in [3.8, 4) is 0 Å². The lowest BCUT2D eigenvalue weighted by Gasteiger charge is -2.06. The van der Waals surface area contributed by atoms with Gasteiger partial charge in [0.1, 0.15) is 0 Å². The van der Waals surface area contributed by atoms with Crippen LogP contribution in [0.5, 0.6) is 0 Å². The lowest BCUT2D eigenvalue weighted by Crippen LogP contribution is -2.26. The fourth-order valence-electron chi connectivity index (χ4n) is 1.86. The number of benzene rings is 1. The Balaban J connectivity index is 1.93. The molecule has 0 saturated heterocycles.